The highest BCUT2D eigenvalue weighted by Gasteiger charge is 2.11. The molecule has 0 spiro atoms. The van der Waals surface area contributed by atoms with Gasteiger partial charge in [-0.05, 0) is 25.9 Å². The molecule has 0 bridgehead atoms. The maximum atomic E-state index is 3.40. The highest BCUT2D eigenvalue weighted by atomic mass is 15.1. The van der Waals surface area contributed by atoms with Gasteiger partial charge in [0, 0.05) is 19.1 Å². The summed E-state index contributed by atoms with van der Waals surface area (Å²) in [6.07, 6.45) is 2.55. The molecule has 0 aromatic rings. The van der Waals surface area contributed by atoms with Gasteiger partial charge in [-0.25, -0.2) is 0 Å². The molecule has 1 unspecified atom stereocenters. The fourth-order valence-electron chi connectivity index (χ4n) is 1.84. The van der Waals surface area contributed by atoms with Gasteiger partial charge in [-0.1, -0.05) is 34.1 Å². The summed E-state index contributed by atoms with van der Waals surface area (Å²) < 4.78 is 0. The molecule has 0 aliphatic carbocycles. The van der Waals surface area contributed by atoms with Crippen LogP contribution in [0.25, 0.3) is 0 Å². The average Bonchev–Trinajstić information content (AvgIpc) is 2.15. The summed E-state index contributed by atoms with van der Waals surface area (Å²) in [6, 6.07) is 0.665. The van der Waals surface area contributed by atoms with E-state index in [0.29, 0.717) is 6.04 Å². The summed E-state index contributed by atoms with van der Waals surface area (Å²) in [7, 11) is 2.07. The predicted molar refractivity (Wildman–Crippen MR) is 64.7 cm³/mol. The van der Waals surface area contributed by atoms with E-state index in [-0.39, 0.29) is 0 Å². The summed E-state index contributed by atoms with van der Waals surface area (Å²) in [6.45, 7) is 12.7. The number of hydrogen-bond donors (Lipinski definition) is 1. The van der Waals surface area contributed by atoms with Crippen molar-refractivity contribution in [2.45, 2.75) is 46.6 Å². The molecule has 0 fully saturated rings. The molecule has 2 heteroatoms. The Morgan fingerprint density at radius 3 is 2.14 bits per heavy atom. The first-order valence-corrected chi connectivity index (χ1v) is 6.03. The van der Waals surface area contributed by atoms with Crippen molar-refractivity contribution in [2.24, 2.45) is 5.92 Å². The third-order valence-electron chi connectivity index (χ3n) is 2.59. The normalized spacial score (nSPS) is 13.9. The Morgan fingerprint density at radius 1 is 1.14 bits per heavy atom. The Balaban J connectivity index is 3.87. The minimum absolute atomic E-state index is 0.665. The molecule has 0 aromatic heterocycles. The quantitative estimate of drug-likeness (QED) is 0.647. The van der Waals surface area contributed by atoms with Crippen molar-refractivity contribution < 1.29 is 0 Å². The Morgan fingerprint density at radius 2 is 1.79 bits per heavy atom. The molecule has 0 amide bonds. The van der Waals surface area contributed by atoms with Crippen LogP contribution in [0, 0.1) is 5.92 Å². The summed E-state index contributed by atoms with van der Waals surface area (Å²) in [5, 5.41) is 3.40. The monoisotopic (exact) mass is 200 g/mol. The second kappa shape index (κ2) is 8.25. The van der Waals surface area contributed by atoms with Gasteiger partial charge in [-0.2, -0.15) is 0 Å². The van der Waals surface area contributed by atoms with E-state index < -0.39 is 0 Å². The predicted octanol–water partition coefficient (Wildman–Crippen LogP) is 2.35. The van der Waals surface area contributed by atoms with Crippen molar-refractivity contribution >= 4 is 0 Å². The number of rotatable bonds is 8. The molecule has 0 saturated carbocycles. The Labute approximate surface area is 90.1 Å². The molecular formula is C12H28N2. The second-order valence-corrected chi connectivity index (χ2v) is 4.52. The fraction of sp³-hybridized carbons (Fsp3) is 1.00. The SMILES string of the molecule is CCCC(CN(CC)CC(C)C)NC. The van der Waals surface area contributed by atoms with Crippen LogP contribution in [0.5, 0.6) is 0 Å². The molecule has 0 rings (SSSR count). The molecule has 0 heterocycles. The fourth-order valence-corrected chi connectivity index (χ4v) is 1.84. The minimum atomic E-state index is 0.665. The first-order chi connectivity index (χ1) is 6.63. The largest absolute Gasteiger partial charge is 0.316 e. The van der Waals surface area contributed by atoms with Crippen LogP contribution in [-0.2, 0) is 0 Å². The van der Waals surface area contributed by atoms with Crippen molar-refractivity contribution in [1.29, 1.82) is 0 Å². The Kier molecular flexibility index (Phi) is 8.20. The summed E-state index contributed by atoms with van der Waals surface area (Å²) in [5.41, 5.74) is 0. The molecule has 0 radical (unpaired) electrons. The van der Waals surface area contributed by atoms with Gasteiger partial charge in [0.05, 0.1) is 0 Å². The van der Waals surface area contributed by atoms with E-state index >= 15 is 0 Å². The number of hydrogen-bond acceptors (Lipinski definition) is 2. The zero-order valence-electron chi connectivity index (χ0n) is 10.6. The van der Waals surface area contributed by atoms with Gasteiger partial charge in [0.2, 0.25) is 0 Å². The van der Waals surface area contributed by atoms with Gasteiger partial charge in [0.15, 0.2) is 0 Å². The molecule has 0 aliphatic heterocycles. The molecule has 14 heavy (non-hydrogen) atoms. The lowest BCUT2D eigenvalue weighted by atomic mass is 10.1. The first kappa shape index (κ1) is 13.9. The highest BCUT2D eigenvalue weighted by molar-refractivity contribution is 4.70. The van der Waals surface area contributed by atoms with Crippen LogP contribution in [-0.4, -0.2) is 37.6 Å². The van der Waals surface area contributed by atoms with Crippen molar-refractivity contribution in [3.8, 4) is 0 Å². The summed E-state index contributed by atoms with van der Waals surface area (Å²) in [4.78, 5) is 2.54. The van der Waals surface area contributed by atoms with E-state index in [4.69, 9.17) is 0 Å². The standard InChI is InChI=1S/C12H28N2/c1-6-8-12(13-5)10-14(7-2)9-11(3)4/h11-13H,6-10H2,1-5H3. The van der Waals surface area contributed by atoms with Gasteiger partial charge < -0.3 is 10.2 Å². The van der Waals surface area contributed by atoms with E-state index in [1.807, 2.05) is 0 Å². The van der Waals surface area contributed by atoms with E-state index in [1.165, 1.54) is 32.5 Å². The third-order valence-corrected chi connectivity index (χ3v) is 2.59. The number of likely N-dealkylation sites (N-methyl/N-ethyl adjacent to an activating group) is 2. The minimum Gasteiger partial charge on any atom is -0.316 e. The second-order valence-electron chi connectivity index (χ2n) is 4.52. The van der Waals surface area contributed by atoms with Gasteiger partial charge in [0.1, 0.15) is 0 Å². The number of nitrogens with zero attached hydrogens (tertiary/aromatic N) is 1. The van der Waals surface area contributed by atoms with E-state index in [2.05, 4.69) is 45.0 Å². The van der Waals surface area contributed by atoms with E-state index in [0.717, 1.165) is 5.92 Å². The molecule has 0 aliphatic rings. The van der Waals surface area contributed by atoms with Gasteiger partial charge in [-0.3, -0.25) is 0 Å². The Hall–Kier alpha value is -0.0800. The van der Waals surface area contributed by atoms with Crippen LogP contribution < -0.4 is 5.32 Å². The van der Waals surface area contributed by atoms with E-state index in [9.17, 15) is 0 Å². The van der Waals surface area contributed by atoms with Crippen LogP contribution >= 0.6 is 0 Å². The van der Waals surface area contributed by atoms with Crippen LogP contribution in [0.3, 0.4) is 0 Å². The van der Waals surface area contributed by atoms with Crippen LogP contribution in [0.2, 0.25) is 0 Å². The smallest absolute Gasteiger partial charge is 0.0191 e. The molecule has 0 saturated heterocycles. The zero-order valence-corrected chi connectivity index (χ0v) is 10.6. The van der Waals surface area contributed by atoms with E-state index in [1.54, 1.807) is 0 Å². The maximum Gasteiger partial charge on any atom is 0.0191 e. The van der Waals surface area contributed by atoms with Crippen LogP contribution in [0.1, 0.15) is 40.5 Å². The van der Waals surface area contributed by atoms with Gasteiger partial charge in [-0.15, -0.1) is 0 Å². The molecule has 1 N–H and O–H groups in total. The molecule has 0 aromatic carbocycles. The lowest BCUT2D eigenvalue weighted by Gasteiger charge is -2.27. The van der Waals surface area contributed by atoms with Crippen molar-refractivity contribution in [2.75, 3.05) is 26.7 Å². The lowest BCUT2D eigenvalue weighted by molar-refractivity contribution is 0.226. The van der Waals surface area contributed by atoms with Crippen LogP contribution in [0.15, 0.2) is 0 Å². The average molecular weight is 200 g/mol. The topological polar surface area (TPSA) is 15.3 Å². The molecular weight excluding hydrogens is 172 g/mol. The zero-order chi connectivity index (χ0) is 11.0. The Bertz CT molecular complexity index is 123. The maximum absolute atomic E-state index is 3.40. The molecule has 1 atom stereocenters. The highest BCUT2D eigenvalue weighted by Crippen LogP contribution is 2.03. The van der Waals surface area contributed by atoms with Crippen LogP contribution in [0.4, 0.5) is 0 Å². The van der Waals surface area contributed by atoms with Gasteiger partial charge >= 0.3 is 0 Å². The lowest BCUT2D eigenvalue weighted by Crippen LogP contribution is -2.40. The number of nitrogens with one attached hydrogen (secondary N) is 1. The third kappa shape index (κ3) is 6.39. The molecule has 2 nitrogen and oxygen atoms in total. The molecule has 86 valence electrons. The van der Waals surface area contributed by atoms with Gasteiger partial charge in [0.25, 0.3) is 0 Å². The summed E-state index contributed by atoms with van der Waals surface area (Å²) >= 11 is 0. The summed E-state index contributed by atoms with van der Waals surface area (Å²) in [5.74, 6) is 0.772. The van der Waals surface area contributed by atoms with Crippen molar-refractivity contribution in [1.82, 2.24) is 10.2 Å². The van der Waals surface area contributed by atoms with Crippen molar-refractivity contribution in [3.05, 3.63) is 0 Å². The first-order valence-electron chi connectivity index (χ1n) is 6.03. The van der Waals surface area contributed by atoms with Crippen molar-refractivity contribution in [3.63, 3.8) is 0 Å².